The molecule has 0 aromatic heterocycles. The average molecular weight is 199 g/mol. The molecule has 1 heteroatoms. The minimum absolute atomic E-state index is 0.408. The fraction of sp³-hybridized carbons (Fsp3) is 0.231. The molecule has 0 heterocycles. The molecule has 0 saturated carbocycles. The summed E-state index contributed by atoms with van der Waals surface area (Å²) in [6.07, 6.45) is 0. The molecule has 14 heavy (non-hydrogen) atoms. The van der Waals surface area contributed by atoms with Gasteiger partial charge < -0.3 is 0 Å². The quantitative estimate of drug-likeness (QED) is 0.652. The van der Waals surface area contributed by atoms with E-state index >= 15 is 0 Å². The molecule has 2 aromatic carbocycles. The van der Waals surface area contributed by atoms with Gasteiger partial charge in [-0.15, -0.1) is 0 Å². The maximum atomic E-state index is 2.30. The molecule has 0 saturated heterocycles. The van der Waals surface area contributed by atoms with Crippen LogP contribution in [0.5, 0.6) is 0 Å². The van der Waals surface area contributed by atoms with Crippen LogP contribution in [0.4, 0.5) is 0 Å². The van der Waals surface area contributed by atoms with Gasteiger partial charge in [-0.3, -0.25) is 0 Å². The Morgan fingerprint density at radius 1 is 0.929 bits per heavy atom. The molecular formula is C13H15Si. The predicted molar refractivity (Wildman–Crippen MR) is 65.8 cm³/mol. The number of hydrogen-bond donors (Lipinski definition) is 0. The third kappa shape index (κ3) is 1.88. The summed E-state index contributed by atoms with van der Waals surface area (Å²) in [7, 11) is 0.408. The van der Waals surface area contributed by atoms with E-state index in [0.29, 0.717) is 9.52 Å². The lowest BCUT2D eigenvalue weighted by atomic mass is 10.1. The van der Waals surface area contributed by atoms with Crippen molar-refractivity contribution >= 4 is 25.5 Å². The highest BCUT2D eigenvalue weighted by Gasteiger charge is 2.02. The fourth-order valence-electron chi connectivity index (χ4n) is 1.75. The lowest BCUT2D eigenvalue weighted by Gasteiger charge is -2.07. The molecule has 0 unspecified atom stereocenters. The van der Waals surface area contributed by atoms with E-state index in [4.69, 9.17) is 0 Å². The van der Waals surface area contributed by atoms with E-state index in [2.05, 4.69) is 56.3 Å². The maximum Gasteiger partial charge on any atom is 0.0703 e. The van der Waals surface area contributed by atoms with Gasteiger partial charge in [-0.1, -0.05) is 67.0 Å². The standard InChI is InChI=1S/C13H15Si/c1-10(2)14-13-9-5-7-11-6-3-4-8-12(11)13/h3-10,14H,1-2H3. The largest absolute Gasteiger partial charge is 0.0703 e. The van der Waals surface area contributed by atoms with E-state index in [0.717, 1.165) is 5.54 Å². The van der Waals surface area contributed by atoms with Gasteiger partial charge in [-0.2, -0.15) is 0 Å². The van der Waals surface area contributed by atoms with Crippen LogP contribution in [0.25, 0.3) is 10.8 Å². The van der Waals surface area contributed by atoms with Crippen molar-refractivity contribution < 1.29 is 0 Å². The van der Waals surface area contributed by atoms with E-state index in [1.165, 1.54) is 10.8 Å². The van der Waals surface area contributed by atoms with Crippen molar-refractivity contribution in [3.05, 3.63) is 42.5 Å². The Morgan fingerprint density at radius 3 is 2.43 bits per heavy atom. The van der Waals surface area contributed by atoms with Gasteiger partial charge in [0.05, 0.1) is 9.52 Å². The van der Waals surface area contributed by atoms with Crippen molar-refractivity contribution in [1.29, 1.82) is 0 Å². The number of benzene rings is 2. The summed E-state index contributed by atoms with van der Waals surface area (Å²) in [6.45, 7) is 4.61. The second-order valence-electron chi connectivity index (χ2n) is 3.98. The minimum Gasteiger partial charge on any atom is -0.0653 e. The summed E-state index contributed by atoms with van der Waals surface area (Å²) >= 11 is 0. The second kappa shape index (κ2) is 3.97. The SMILES string of the molecule is CC(C)[SiH]c1cccc2ccccc12. The van der Waals surface area contributed by atoms with E-state index in [9.17, 15) is 0 Å². The van der Waals surface area contributed by atoms with Gasteiger partial charge in [0, 0.05) is 0 Å². The zero-order valence-electron chi connectivity index (χ0n) is 8.70. The highest BCUT2D eigenvalue weighted by atomic mass is 28.2. The summed E-state index contributed by atoms with van der Waals surface area (Å²) in [5.74, 6) is 0. The monoisotopic (exact) mass is 199 g/mol. The highest BCUT2D eigenvalue weighted by molar-refractivity contribution is 6.58. The molecule has 0 aliphatic rings. The lowest BCUT2D eigenvalue weighted by Crippen LogP contribution is -2.17. The zero-order chi connectivity index (χ0) is 9.97. The van der Waals surface area contributed by atoms with Crippen LogP contribution in [0.3, 0.4) is 0 Å². The first kappa shape index (κ1) is 9.47. The van der Waals surface area contributed by atoms with Gasteiger partial charge >= 0.3 is 0 Å². The van der Waals surface area contributed by atoms with Crippen molar-refractivity contribution in [2.45, 2.75) is 19.4 Å². The van der Waals surface area contributed by atoms with Crippen LogP contribution < -0.4 is 5.19 Å². The third-order valence-corrected chi connectivity index (χ3v) is 3.87. The third-order valence-electron chi connectivity index (χ3n) is 2.34. The second-order valence-corrected chi connectivity index (χ2v) is 6.27. The van der Waals surface area contributed by atoms with Crippen LogP contribution in [0.15, 0.2) is 42.5 Å². The Bertz CT molecular complexity index is 427. The molecule has 0 atom stereocenters. The fourth-order valence-corrected chi connectivity index (χ4v) is 3.14. The van der Waals surface area contributed by atoms with E-state index < -0.39 is 0 Å². The number of rotatable bonds is 2. The van der Waals surface area contributed by atoms with Crippen LogP contribution in [0.1, 0.15) is 13.8 Å². The first-order chi connectivity index (χ1) is 6.77. The topological polar surface area (TPSA) is 0 Å². The summed E-state index contributed by atoms with van der Waals surface area (Å²) in [4.78, 5) is 0. The van der Waals surface area contributed by atoms with Crippen LogP contribution >= 0.6 is 0 Å². The Balaban J connectivity index is 2.53. The molecule has 0 N–H and O–H groups in total. The molecule has 0 spiro atoms. The van der Waals surface area contributed by atoms with Crippen LogP contribution in [0.2, 0.25) is 5.54 Å². The lowest BCUT2D eigenvalue weighted by molar-refractivity contribution is 1.07. The van der Waals surface area contributed by atoms with Crippen molar-refractivity contribution in [3.8, 4) is 0 Å². The smallest absolute Gasteiger partial charge is 0.0653 e. The van der Waals surface area contributed by atoms with Gasteiger partial charge in [-0.25, -0.2) is 0 Å². The summed E-state index contributed by atoms with van der Waals surface area (Å²) in [5.41, 5.74) is 0.806. The van der Waals surface area contributed by atoms with Gasteiger partial charge in [-0.05, 0) is 10.8 Å². The Morgan fingerprint density at radius 2 is 1.64 bits per heavy atom. The molecule has 0 bridgehead atoms. The normalized spacial score (nSPS) is 11.1. The molecule has 71 valence electrons. The van der Waals surface area contributed by atoms with Crippen molar-refractivity contribution in [2.24, 2.45) is 0 Å². The van der Waals surface area contributed by atoms with Gasteiger partial charge in [0.1, 0.15) is 0 Å². The van der Waals surface area contributed by atoms with Crippen LogP contribution in [0, 0.1) is 0 Å². The summed E-state index contributed by atoms with van der Waals surface area (Å²) in [5, 5.41) is 4.37. The van der Waals surface area contributed by atoms with Crippen molar-refractivity contribution in [1.82, 2.24) is 0 Å². The summed E-state index contributed by atoms with van der Waals surface area (Å²) < 4.78 is 0. The molecular weight excluding hydrogens is 184 g/mol. The molecule has 1 radical (unpaired) electrons. The summed E-state index contributed by atoms with van der Waals surface area (Å²) in [6, 6.07) is 15.3. The van der Waals surface area contributed by atoms with Gasteiger partial charge in [0.25, 0.3) is 0 Å². The predicted octanol–water partition coefficient (Wildman–Crippen LogP) is 2.73. The maximum absolute atomic E-state index is 2.30. The Kier molecular flexibility index (Phi) is 2.68. The molecule has 0 aliphatic carbocycles. The molecule has 0 aliphatic heterocycles. The van der Waals surface area contributed by atoms with Gasteiger partial charge in [0.2, 0.25) is 0 Å². The van der Waals surface area contributed by atoms with Crippen molar-refractivity contribution in [3.63, 3.8) is 0 Å². The molecule has 2 aromatic rings. The van der Waals surface area contributed by atoms with Crippen molar-refractivity contribution in [2.75, 3.05) is 0 Å². The van der Waals surface area contributed by atoms with Gasteiger partial charge in [0.15, 0.2) is 0 Å². The number of hydrogen-bond acceptors (Lipinski definition) is 0. The number of fused-ring (bicyclic) bond motifs is 1. The Hall–Kier alpha value is -1.08. The van der Waals surface area contributed by atoms with E-state index in [-0.39, 0.29) is 0 Å². The van der Waals surface area contributed by atoms with E-state index in [1.807, 2.05) is 0 Å². The van der Waals surface area contributed by atoms with Crippen LogP contribution in [-0.2, 0) is 0 Å². The first-order valence-electron chi connectivity index (χ1n) is 5.10. The molecule has 0 nitrogen and oxygen atoms in total. The average Bonchev–Trinajstić information content (AvgIpc) is 2.18. The highest BCUT2D eigenvalue weighted by Crippen LogP contribution is 2.11. The molecule has 0 fully saturated rings. The first-order valence-corrected chi connectivity index (χ1v) is 6.34. The minimum atomic E-state index is 0.408. The molecule has 0 amide bonds. The zero-order valence-corrected chi connectivity index (χ0v) is 9.85. The molecule has 2 rings (SSSR count). The van der Waals surface area contributed by atoms with Crippen LogP contribution in [-0.4, -0.2) is 9.52 Å². The Labute approximate surface area is 87.8 Å². The van der Waals surface area contributed by atoms with E-state index in [1.54, 1.807) is 5.19 Å².